The molecule has 0 aliphatic rings. The van der Waals surface area contributed by atoms with E-state index >= 15 is 0 Å². The van der Waals surface area contributed by atoms with Crippen LogP contribution in [-0.4, -0.2) is 25.9 Å². The van der Waals surface area contributed by atoms with Crippen molar-refractivity contribution in [2.75, 3.05) is 19.8 Å². The molecule has 0 aliphatic carbocycles. The summed E-state index contributed by atoms with van der Waals surface area (Å²) in [6, 6.07) is 4.13. The lowest BCUT2D eigenvalue weighted by molar-refractivity contribution is -0.139. The molecule has 0 heterocycles. The third kappa shape index (κ3) is 6.35. The second-order valence-electron chi connectivity index (χ2n) is 4.88. The minimum Gasteiger partial charge on any atom is -0.491 e. The average Bonchev–Trinajstić information content (AvgIpc) is 2.40. The summed E-state index contributed by atoms with van der Waals surface area (Å²) >= 11 is 0. The lowest BCUT2D eigenvalue weighted by Gasteiger charge is -2.16. The van der Waals surface area contributed by atoms with Crippen molar-refractivity contribution in [3.8, 4) is 5.75 Å². The first-order valence-corrected chi connectivity index (χ1v) is 6.99. The van der Waals surface area contributed by atoms with Gasteiger partial charge in [0, 0.05) is 6.54 Å². The first-order chi connectivity index (χ1) is 9.84. The fraction of sp³-hybridized carbons (Fsp3) is 0.600. The van der Waals surface area contributed by atoms with Crippen LogP contribution >= 0.6 is 0 Å². The fourth-order valence-corrected chi connectivity index (χ4v) is 1.74. The van der Waals surface area contributed by atoms with E-state index in [-0.39, 0.29) is 25.1 Å². The predicted molar refractivity (Wildman–Crippen MR) is 75.4 cm³/mol. The van der Waals surface area contributed by atoms with Gasteiger partial charge in [0.15, 0.2) is 0 Å². The van der Waals surface area contributed by atoms with E-state index in [1.807, 2.05) is 20.8 Å². The van der Waals surface area contributed by atoms with Crippen LogP contribution in [0.25, 0.3) is 0 Å². The molecule has 1 rings (SSSR count). The first kappa shape index (κ1) is 17.8. The van der Waals surface area contributed by atoms with Gasteiger partial charge in [-0.1, -0.05) is 13.0 Å². The van der Waals surface area contributed by atoms with Crippen molar-refractivity contribution in [3.63, 3.8) is 0 Å². The Balaban J connectivity index is 2.77. The van der Waals surface area contributed by atoms with Crippen LogP contribution in [0.2, 0.25) is 0 Å². The van der Waals surface area contributed by atoms with Gasteiger partial charge in [-0.15, -0.1) is 0 Å². The molecule has 0 bridgehead atoms. The number of benzene rings is 1. The zero-order chi connectivity index (χ0) is 15.9. The summed E-state index contributed by atoms with van der Waals surface area (Å²) in [6.45, 7) is 7.06. The summed E-state index contributed by atoms with van der Waals surface area (Å²) in [5, 5.41) is 3.00. The third-order valence-corrected chi connectivity index (χ3v) is 2.72. The highest BCUT2D eigenvalue weighted by Crippen LogP contribution is 2.36. The van der Waals surface area contributed by atoms with E-state index in [9.17, 15) is 13.2 Å². The maximum absolute atomic E-state index is 13.1. The van der Waals surface area contributed by atoms with E-state index in [2.05, 4.69) is 5.32 Å². The molecular formula is C15H22F3NO2. The normalized spacial score (nSPS) is 12.0. The summed E-state index contributed by atoms with van der Waals surface area (Å²) in [6.07, 6.45) is -4.41. The summed E-state index contributed by atoms with van der Waals surface area (Å²) in [5.74, 6) is -0.157. The second-order valence-corrected chi connectivity index (χ2v) is 4.88. The van der Waals surface area contributed by atoms with Gasteiger partial charge >= 0.3 is 6.18 Å². The number of halogens is 3. The van der Waals surface area contributed by atoms with E-state index in [1.165, 1.54) is 6.07 Å². The Morgan fingerprint density at radius 2 is 1.90 bits per heavy atom. The standard InChI is InChI=1S/C15H22F3NO2/c1-4-19-10-12-5-6-14(13(9-12)15(16,17)18)21-8-7-20-11(2)3/h5-6,9,11,19H,4,7-8,10H2,1-3H3. The smallest absolute Gasteiger partial charge is 0.419 e. The molecule has 0 aromatic heterocycles. The second kappa shape index (κ2) is 8.24. The van der Waals surface area contributed by atoms with Gasteiger partial charge in [0.05, 0.1) is 18.3 Å². The Kier molecular flexibility index (Phi) is 6.98. The topological polar surface area (TPSA) is 30.5 Å². The van der Waals surface area contributed by atoms with Crippen LogP contribution in [0.4, 0.5) is 13.2 Å². The molecule has 21 heavy (non-hydrogen) atoms. The van der Waals surface area contributed by atoms with Crippen LogP contribution in [0.5, 0.6) is 5.75 Å². The summed E-state index contributed by atoms with van der Waals surface area (Å²) in [7, 11) is 0. The van der Waals surface area contributed by atoms with Crippen LogP contribution < -0.4 is 10.1 Å². The molecular weight excluding hydrogens is 283 g/mol. The van der Waals surface area contributed by atoms with Gasteiger partial charge in [0.1, 0.15) is 12.4 Å². The molecule has 0 aliphatic heterocycles. The predicted octanol–water partition coefficient (Wildman–Crippen LogP) is 3.62. The number of rotatable bonds is 8. The van der Waals surface area contributed by atoms with Crippen LogP contribution in [0.1, 0.15) is 31.9 Å². The minimum atomic E-state index is -4.43. The summed E-state index contributed by atoms with van der Waals surface area (Å²) < 4.78 is 49.6. The van der Waals surface area contributed by atoms with Crippen molar-refractivity contribution in [2.24, 2.45) is 0 Å². The molecule has 1 aromatic rings. The van der Waals surface area contributed by atoms with Crippen LogP contribution in [0.3, 0.4) is 0 Å². The molecule has 3 nitrogen and oxygen atoms in total. The van der Waals surface area contributed by atoms with Crippen molar-refractivity contribution in [2.45, 2.75) is 39.6 Å². The SMILES string of the molecule is CCNCc1ccc(OCCOC(C)C)c(C(F)(F)F)c1. The quantitative estimate of drug-likeness (QED) is 0.744. The first-order valence-electron chi connectivity index (χ1n) is 6.99. The number of nitrogens with one attached hydrogen (secondary N) is 1. The van der Waals surface area contributed by atoms with Crippen LogP contribution in [0, 0.1) is 0 Å². The number of hydrogen-bond acceptors (Lipinski definition) is 3. The van der Waals surface area contributed by atoms with Crippen molar-refractivity contribution in [1.82, 2.24) is 5.32 Å². The Bertz CT molecular complexity index is 433. The Labute approximate surface area is 123 Å². The van der Waals surface area contributed by atoms with Crippen molar-refractivity contribution < 1.29 is 22.6 Å². The van der Waals surface area contributed by atoms with Crippen molar-refractivity contribution in [1.29, 1.82) is 0 Å². The lowest BCUT2D eigenvalue weighted by atomic mass is 10.1. The summed E-state index contributed by atoms with van der Waals surface area (Å²) in [4.78, 5) is 0. The highest BCUT2D eigenvalue weighted by Gasteiger charge is 2.34. The highest BCUT2D eigenvalue weighted by molar-refractivity contribution is 5.39. The molecule has 0 fully saturated rings. The van der Waals surface area contributed by atoms with E-state index in [1.54, 1.807) is 6.07 Å². The molecule has 1 aromatic carbocycles. The molecule has 0 amide bonds. The van der Waals surface area contributed by atoms with Crippen LogP contribution in [-0.2, 0) is 17.5 Å². The molecule has 0 saturated carbocycles. The number of ether oxygens (including phenoxy) is 2. The third-order valence-electron chi connectivity index (χ3n) is 2.72. The van der Waals surface area contributed by atoms with E-state index in [4.69, 9.17) is 9.47 Å². The van der Waals surface area contributed by atoms with Gasteiger partial charge in [-0.2, -0.15) is 13.2 Å². The van der Waals surface area contributed by atoms with Gasteiger partial charge in [0.2, 0.25) is 0 Å². The maximum Gasteiger partial charge on any atom is 0.419 e. The average molecular weight is 305 g/mol. The zero-order valence-electron chi connectivity index (χ0n) is 12.6. The van der Waals surface area contributed by atoms with E-state index in [0.717, 1.165) is 6.07 Å². The van der Waals surface area contributed by atoms with Gasteiger partial charge in [-0.25, -0.2) is 0 Å². The number of hydrogen-bond donors (Lipinski definition) is 1. The molecule has 0 unspecified atom stereocenters. The van der Waals surface area contributed by atoms with Gasteiger partial charge < -0.3 is 14.8 Å². The largest absolute Gasteiger partial charge is 0.491 e. The zero-order valence-corrected chi connectivity index (χ0v) is 12.6. The number of alkyl halides is 3. The summed E-state index contributed by atoms with van der Waals surface area (Å²) in [5.41, 5.74) is -0.169. The molecule has 1 N–H and O–H groups in total. The molecule has 0 saturated heterocycles. The lowest BCUT2D eigenvalue weighted by Crippen LogP contribution is -2.16. The molecule has 6 heteroatoms. The van der Waals surface area contributed by atoms with E-state index in [0.29, 0.717) is 18.7 Å². The monoisotopic (exact) mass is 305 g/mol. The Hall–Kier alpha value is -1.27. The van der Waals surface area contributed by atoms with Crippen molar-refractivity contribution in [3.05, 3.63) is 29.3 Å². The van der Waals surface area contributed by atoms with Gasteiger partial charge in [-0.05, 0) is 38.1 Å². The molecule has 0 atom stereocenters. The molecule has 0 radical (unpaired) electrons. The van der Waals surface area contributed by atoms with Crippen molar-refractivity contribution >= 4 is 0 Å². The van der Waals surface area contributed by atoms with Gasteiger partial charge in [-0.3, -0.25) is 0 Å². The highest BCUT2D eigenvalue weighted by atomic mass is 19.4. The molecule has 120 valence electrons. The maximum atomic E-state index is 13.1. The minimum absolute atomic E-state index is 0.0261. The molecule has 0 spiro atoms. The van der Waals surface area contributed by atoms with Gasteiger partial charge in [0.25, 0.3) is 0 Å². The fourth-order valence-electron chi connectivity index (χ4n) is 1.74. The van der Waals surface area contributed by atoms with E-state index < -0.39 is 11.7 Å². The Morgan fingerprint density at radius 3 is 2.48 bits per heavy atom. The van der Waals surface area contributed by atoms with Crippen LogP contribution in [0.15, 0.2) is 18.2 Å². The Morgan fingerprint density at radius 1 is 1.19 bits per heavy atom.